The van der Waals surface area contributed by atoms with E-state index in [0.29, 0.717) is 17.1 Å². The number of carbonyl (C=O) groups excluding carboxylic acids is 1. The van der Waals surface area contributed by atoms with Gasteiger partial charge >= 0.3 is 0 Å². The van der Waals surface area contributed by atoms with Gasteiger partial charge < -0.3 is 14.8 Å². The SMILES string of the molecule is CCCc1nc2ccc(NC(=O)c3cc(OC)cc(OC)c3)cc2s1. The van der Waals surface area contributed by atoms with Crippen LogP contribution in [-0.4, -0.2) is 25.1 Å². The number of benzene rings is 2. The van der Waals surface area contributed by atoms with Gasteiger partial charge in [-0.25, -0.2) is 4.98 Å². The third-order valence-corrected chi connectivity index (χ3v) is 4.85. The number of anilines is 1. The minimum Gasteiger partial charge on any atom is -0.497 e. The van der Waals surface area contributed by atoms with Crippen LogP contribution in [0.5, 0.6) is 11.5 Å². The molecule has 2 aromatic carbocycles. The maximum Gasteiger partial charge on any atom is 0.255 e. The number of aromatic nitrogens is 1. The lowest BCUT2D eigenvalue weighted by molar-refractivity contribution is 0.102. The summed E-state index contributed by atoms with van der Waals surface area (Å²) >= 11 is 1.67. The van der Waals surface area contributed by atoms with Crippen molar-refractivity contribution in [1.29, 1.82) is 0 Å². The Morgan fingerprint density at radius 2 is 1.84 bits per heavy atom. The van der Waals surface area contributed by atoms with Gasteiger partial charge in [0.05, 0.1) is 29.4 Å². The van der Waals surface area contributed by atoms with Crippen molar-refractivity contribution in [3.8, 4) is 11.5 Å². The lowest BCUT2D eigenvalue weighted by Crippen LogP contribution is -2.12. The summed E-state index contributed by atoms with van der Waals surface area (Å²) in [5.41, 5.74) is 2.19. The Balaban J connectivity index is 1.84. The third kappa shape index (κ3) is 3.91. The number of ether oxygens (including phenoxy) is 2. The zero-order valence-electron chi connectivity index (χ0n) is 14.5. The Labute approximate surface area is 150 Å². The van der Waals surface area contributed by atoms with Crippen LogP contribution in [0.3, 0.4) is 0 Å². The summed E-state index contributed by atoms with van der Waals surface area (Å²) in [4.78, 5) is 17.2. The average Bonchev–Trinajstić information content (AvgIpc) is 3.03. The number of methoxy groups -OCH3 is 2. The first kappa shape index (κ1) is 17.2. The lowest BCUT2D eigenvalue weighted by atomic mass is 10.1. The first-order valence-electron chi connectivity index (χ1n) is 8.07. The quantitative estimate of drug-likeness (QED) is 0.705. The first-order valence-corrected chi connectivity index (χ1v) is 8.88. The molecule has 1 N–H and O–H groups in total. The molecule has 0 spiro atoms. The maximum absolute atomic E-state index is 12.6. The molecule has 0 bridgehead atoms. The van der Waals surface area contributed by atoms with Crippen molar-refractivity contribution in [2.45, 2.75) is 19.8 Å². The highest BCUT2D eigenvalue weighted by atomic mass is 32.1. The van der Waals surface area contributed by atoms with Crippen molar-refractivity contribution in [1.82, 2.24) is 4.98 Å². The van der Waals surface area contributed by atoms with E-state index in [-0.39, 0.29) is 5.91 Å². The largest absolute Gasteiger partial charge is 0.497 e. The summed E-state index contributed by atoms with van der Waals surface area (Å²) in [6, 6.07) is 10.9. The third-order valence-electron chi connectivity index (χ3n) is 3.77. The predicted octanol–water partition coefficient (Wildman–Crippen LogP) is 4.52. The van der Waals surface area contributed by atoms with Crippen LogP contribution in [0.15, 0.2) is 36.4 Å². The molecular formula is C19H20N2O3S. The highest BCUT2D eigenvalue weighted by Gasteiger charge is 2.11. The second kappa shape index (κ2) is 7.53. The fourth-order valence-corrected chi connectivity index (χ4v) is 3.62. The molecular weight excluding hydrogens is 336 g/mol. The van der Waals surface area contributed by atoms with Crippen LogP contribution in [-0.2, 0) is 6.42 Å². The summed E-state index contributed by atoms with van der Waals surface area (Å²) in [6.07, 6.45) is 2.05. The summed E-state index contributed by atoms with van der Waals surface area (Å²) in [5, 5.41) is 4.05. The maximum atomic E-state index is 12.6. The van der Waals surface area contributed by atoms with Gasteiger partial charge in [0.1, 0.15) is 11.5 Å². The van der Waals surface area contributed by atoms with Gasteiger partial charge in [-0.05, 0) is 43.2 Å². The van der Waals surface area contributed by atoms with E-state index in [9.17, 15) is 4.79 Å². The minimum atomic E-state index is -0.213. The molecule has 3 aromatic rings. The van der Waals surface area contributed by atoms with E-state index in [4.69, 9.17) is 9.47 Å². The number of amides is 1. The smallest absolute Gasteiger partial charge is 0.255 e. The molecule has 5 nitrogen and oxygen atoms in total. The van der Waals surface area contributed by atoms with Crippen molar-refractivity contribution in [2.24, 2.45) is 0 Å². The van der Waals surface area contributed by atoms with Gasteiger partial charge in [0.2, 0.25) is 0 Å². The first-order chi connectivity index (χ1) is 12.1. The number of carbonyl (C=O) groups is 1. The number of fused-ring (bicyclic) bond motifs is 1. The molecule has 6 heteroatoms. The second-order valence-corrected chi connectivity index (χ2v) is 6.71. The Morgan fingerprint density at radius 3 is 2.48 bits per heavy atom. The van der Waals surface area contributed by atoms with E-state index in [1.54, 1.807) is 43.8 Å². The zero-order valence-corrected chi connectivity index (χ0v) is 15.3. The standard InChI is InChI=1S/C19H20N2O3S/c1-4-5-18-21-16-7-6-13(10-17(16)25-18)20-19(22)12-8-14(23-2)11-15(9-12)24-3/h6-11H,4-5H2,1-3H3,(H,20,22). The lowest BCUT2D eigenvalue weighted by Gasteiger charge is -2.09. The van der Waals surface area contributed by atoms with Crippen molar-refractivity contribution in [2.75, 3.05) is 19.5 Å². The highest BCUT2D eigenvalue weighted by Crippen LogP contribution is 2.27. The normalized spacial score (nSPS) is 10.7. The van der Waals surface area contributed by atoms with Gasteiger partial charge in [-0.3, -0.25) is 4.79 Å². The van der Waals surface area contributed by atoms with Crippen LogP contribution in [0.1, 0.15) is 28.7 Å². The molecule has 0 unspecified atom stereocenters. The van der Waals surface area contributed by atoms with Gasteiger partial charge in [0.25, 0.3) is 5.91 Å². The molecule has 0 fully saturated rings. The minimum absolute atomic E-state index is 0.213. The van der Waals surface area contributed by atoms with E-state index >= 15 is 0 Å². The zero-order chi connectivity index (χ0) is 17.8. The summed E-state index contributed by atoms with van der Waals surface area (Å²) in [7, 11) is 3.12. The second-order valence-electron chi connectivity index (χ2n) is 5.60. The molecule has 1 amide bonds. The van der Waals surface area contributed by atoms with E-state index in [2.05, 4.69) is 17.2 Å². The number of rotatable bonds is 6. The van der Waals surface area contributed by atoms with Crippen molar-refractivity contribution in [3.05, 3.63) is 47.0 Å². The molecule has 0 aliphatic heterocycles. The number of nitrogens with one attached hydrogen (secondary N) is 1. The van der Waals surface area contributed by atoms with Crippen LogP contribution in [0.25, 0.3) is 10.2 Å². The molecule has 1 aromatic heterocycles. The van der Waals surface area contributed by atoms with E-state index in [0.717, 1.165) is 33.8 Å². The monoisotopic (exact) mass is 356 g/mol. The molecule has 130 valence electrons. The van der Waals surface area contributed by atoms with Crippen LogP contribution >= 0.6 is 11.3 Å². The Kier molecular flexibility index (Phi) is 5.19. The molecule has 0 aliphatic rings. The van der Waals surface area contributed by atoms with Gasteiger partial charge in [0, 0.05) is 17.3 Å². The molecule has 0 aliphatic carbocycles. The van der Waals surface area contributed by atoms with Gasteiger partial charge in [0.15, 0.2) is 0 Å². The fraction of sp³-hybridized carbons (Fsp3) is 0.263. The number of nitrogens with zero attached hydrogens (tertiary/aromatic N) is 1. The van der Waals surface area contributed by atoms with Gasteiger partial charge in [-0.2, -0.15) is 0 Å². The molecule has 25 heavy (non-hydrogen) atoms. The number of hydrogen-bond acceptors (Lipinski definition) is 5. The molecule has 3 rings (SSSR count). The van der Waals surface area contributed by atoms with Gasteiger partial charge in [-0.1, -0.05) is 6.92 Å². The molecule has 0 radical (unpaired) electrons. The summed E-state index contributed by atoms with van der Waals surface area (Å²) in [6.45, 7) is 2.14. The molecule has 1 heterocycles. The van der Waals surface area contributed by atoms with Crippen molar-refractivity contribution >= 4 is 33.1 Å². The predicted molar refractivity (Wildman–Crippen MR) is 101 cm³/mol. The number of aryl methyl sites for hydroxylation is 1. The fourth-order valence-electron chi connectivity index (χ4n) is 2.51. The van der Waals surface area contributed by atoms with Crippen LogP contribution in [0.4, 0.5) is 5.69 Å². The van der Waals surface area contributed by atoms with Crippen LogP contribution < -0.4 is 14.8 Å². The van der Waals surface area contributed by atoms with E-state index in [1.807, 2.05) is 18.2 Å². The molecule has 0 saturated heterocycles. The number of thiazole rings is 1. The highest BCUT2D eigenvalue weighted by molar-refractivity contribution is 7.18. The number of hydrogen-bond donors (Lipinski definition) is 1. The topological polar surface area (TPSA) is 60.5 Å². The summed E-state index contributed by atoms with van der Waals surface area (Å²) in [5.74, 6) is 0.938. The molecule has 0 atom stereocenters. The molecule has 0 saturated carbocycles. The van der Waals surface area contributed by atoms with Crippen LogP contribution in [0, 0.1) is 0 Å². The van der Waals surface area contributed by atoms with Crippen molar-refractivity contribution < 1.29 is 14.3 Å². The average molecular weight is 356 g/mol. The Hall–Kier alpha value is -2.60. The van der Waals surface area contributed by atoms with E-state index in [1.165, 1.54) is 0 Å². The van der Waals surface area contributed by atoms with Crippen molar-refractivity contribution in [3.63, 3.8) is 0 Å². The van der Waals surface area contributed by atoms with Crippen LogP contribution in [0.2, 0.25) is 0 Å². The Morgan fingerprint density at radius 1 is 1.12 bits per heavy atom. The summed E-state index contributed by atoms with van der Waals surface area (Å²) < 4.78 is 11.5. The van der Waals surface area contributed by atoms with Gasteiger partial charge in [-0.15, -0.1) is 11.3 Å². The van der Waals surface area contributed by atoms with E-state index < -0.39 is 0 Å². The Bertz CT molecular complexity index is 883.